The number of halogens is 1. The third-order valence-electron chi connectivity index (χ3n) is 3.85. The Labute approximate surface area is 143 Å². The molecule has 0 aromatic carbocycles. The second kappa shape index (κ2) is 7.10. The summed E-state index contributed by atoms with van der Waals surface area (Å²) < 4.78 is 14.5. The highest BCUT2D eigenvalue weighted by Gasteiger charge is 2.21. The Bertz CT molecular complexity index is 640. The minimum atomic E-state index is 0.0181. The van der Waals surface area contributed by atoms with Crippen molar-refractivity contribution in [1.29, 1.82) is 0 Å². The highest BCUT2D eigenvalue weighted by atomic mass is 127. The third kappa shape index (κ3) is 3.36. The fraction of sp³-hybridized carbons (Fsp3) is 0.600. The molecule has 2 aromatic heterocycles. The lowest BCUT2D eigenvalue weighted by molar-refractivity contribution is -0.0369. The average Bonchev–Trinajstić information content (AvgIpc) is 2.85. The van der Waals surface area contributed by atoms with Crippen LogP contribution in [0.15, 0.2) is 12.3 Å². The summed E-state index contributed by atoms with van der Waals surface area (Å²) in [4.78, 5) is 4.42. The van der Waals surface area contributed by atoms with Gasteiger partial charge in [-0.1, -0.05) is 0 Å². The van der Waals surface area contributed by atoms with Crippen LogP contribution in [0.2, 0.25) is 0 Å². The first-order valence-electron chi connectivity index (χ1n) is 7.71. The first-order chi connectivity index (χ1) is 10.7. The number of fused-ring (bicyclic) bond motifs is 1. The van der Waals surface area contributed by atoms with E-state index in [1.807, 2.05) is 23.9 Å². The van der Waals surface area contributed by atoms with Crippen molar-refractivity contribution < 1.29 is 9.47 Å². The molecular weight excluding hydrogens is 395 g/mol. The Morgan fingerprint density at radius 2 is 2.41 bits per heavy atom. The molecule has 0 saturated carbocycles. The Kier molecular flexibility index (Phi) is 5.14. The molecule has 1 fully saturated rings. The predicted octanol–water partition coefficient (Wildman–Crippen LogP) is 2.85. The van der Waals surface area contributed by atoms with Crippen molar-refractivity contribution in [3.63, 3.8) is 0 Å². The van der Waals surface area contributed by atoms with Gasteiger partial charge in [0.15, 0.2) is 6.23 Å². The standard InChI is InChI=1S/C15H21IN4O2/c1-10(5-6-17)22-13-8-11-12(9-18-13)20(19-15(11)16)14-4-2-3-7-21-14/h8-10,14H,2-7,17H2,1H3/t10-,14?/m1/s1. The van der Waals surface area contributed by atoms with Crippen LogP contribution in [-0.2, 0) is 4.74 Å². The minimum Gasteiger partial charge on any atom is -0.475 e. The van der Waals surface area contributed by atoms with Gasteiger partial charge in [-0.3, -0.25) is 0 Å². The van der Waals surface area contributed by atoms with Crippen molar-refractivity contribution in [2.24, 2.45) is 5.73 Å². The van der Waals surface area contributed by atoms with E-state index in [1.165, 1.54) is 6.42 Å². The molecule has 1 aliphatic heterocycles. The molecule has 2 atom stereocenters. The van der Waals surface area contributed by atoms with Gasteiger partial charge in [0, 0.05) is 18.1 Å². The molecular formula is C15H21IN4O2. The van der Waals surface area contributed by atoms with Gasteiger partial charge in [-0.15, -0.1) is 0 Å². The number of ether oxygens (including phenoxy) is 2. The molecule has 0 radical (unpaired) electrons. The van der Waals surface area contributed by atoms with E-state index in [-0.39, 0.29) is 12.3 Å². The van der Waals surface area contributed by atoms with Gasteiger partial charge in [0.2, 0.25) is 5.88 Å². The molecule has 1 aliphatic rings. The topological polar surface area (TPSA) is 75.2 Å². The van der Waals surface area contributed by atoms with Crippen LogP contribution in [-0.4, -0.2) is 34.0 Å². The fourth-order valence-corrected chi connectivity index (χ4v) is 3.34. The third-order valence-corrected chi connectivity index (χ3v) is 4.64. The van der Waals surface area contributed by atoms with Gasteiger partial charge in [-0.25, -0.2) is 9.67 Å². The normalized spacial score (nSPS) is 20.2. The number of pyridine rings is 1. The van der Waals surface area contributed by atoms with Crippen molar-refractivity contribution >= 4 is 33.5 Å². The van der Waals surface area contributed by atoms with Crippen LogP contribution < -0.4 is 10.5 Å². The number of aromatic nitrogens is 3. The first kappa shape index (κ1) is 15.9. The number of nitrogens with zero attached hydrogens (tertiary/aromatic N) is 3. The van der Waals surface area contributed by atoms with E-state index in [0.717, 1.165) is 40.5 Å². The molecule has 0 spiro atoms. The average molecular weight is 416 g/mol. The summed E-state index contributed by atoms with van der Waals surface area (Å²) in [5.41, 5.74) is 6.55. The molecule has 7 heteroatoms. The smallest absolute Gasteiger partial charge is 0.214 e. The van der Waals surface area contributed by atoms with Crippen molar-refractivity contribution in [3.05, 3.63) is 16.0 Å². The number of hydrogen-bond donors (Lipinski definition) is 1. The highest BCUT2D eigenvalue weighted by molar-refractivity contribution is 14.1. The summed E-state index contributed by atoms with van der Waals surface area (Å²) in [6, 6.07) is 1.95. The molecule has 0 aliphatic carbocycles. The zero-order valence-electron chi connectivity index (χ0n) is 12.7. The van der Waals surface area contributed by atoms with E-state index in [2.05, 4.69) is 32.7 Å². The van der Waals surface area contributed by atoms with E-state index >= 15 is 0 Å². The molecule has 6 nitrogen and oxygen atoms in total. The molecule has 2 aromatic rings. The number of hydrogen-bond acceptors (Lipinski definition) is 5. The van der Waals surface area contributed by atoms with Crippen LogP contribution >= 0.6 is 22.6 Å². The summed E-state index contributed by atoms with van der Waals surface area (Å²) in [7, 11) is 0. The quantitative estimate of drug-likeness (QED) is 0.759. The molecule has 2 N–H and O–H groups in total. The van der Waals surface area contributed by atoms with Gasteiger partial charge in [0.25, 0.3) is 0 Å². The SMILES string of the molecule is C[C@H](CCN)Oc1cc2c(I)nn(C3CCCCO3)c2cn1. The van der Waals surface area contributed by atoms with Crippen molar-refractivity contribution in [3.8, 4) is 5.88 Å². The maximum atomic E-state index is 5.84. The summed E-state index contributed by atoms with van der Waals surface area (Å²) in [5, 5.41) is 5.69. The Balaban J connectivity index is 1.87. The summed E-state index contributed by atoms with van der Waals surface area (Å²) in [6.07, 6.45) is 6.02. The van der Waals surface area contributed by atoms with E-state index in [0.29, 0.717) is 12.4 Å². The molecule has 0 bridgehead atoms. The lowest BCUT2D eigenvalue weighted by Gasteiger charge is -2.23. The summed E-state index contributed by atoms with van der Waals surface area (Å²) >= 11 is 2.25. The van der Waals surface area contributed by atoms with Gasteiger partial charge < -0.3 is 15.2 Å². The van der Waals surface area contributed by atoms with Gasteiger partial charge >= 0.3 is 0 Å². The Morgan fingerprint density at radius 1 is 1.55 bits per heavy atom. The van der Waals surface area contributed by atoms with Crippen LogP contribution in [0, 0.1) is 3.70 Å². The van der Waals surface area contributed by atoms with Crippen molar-refractivity contribution in [2.45, 2.75) is 44.9 Å². The van der Waals surface area contributed by atoms with Crippen molar-refractivity contribution in [1.82, 2.24) is 14.8 Å². The largest absolute Gasteiger partial charge is 0.475 e. The van der Waals surface area contributed by atoms with Gasteiger partial charge in [-0.2, -0.15) is 5.10 Å². The maximum absolute atomic E-state index is 5.84. The summed E-state index contributed by atoms with van der Waals surface area (Å²) in [6.45, 7) is 3.41. The van der Waals surface area contributed by atoms with Crippen LogP contribution in [0.4, 0.5) is 0 Å². The van der Waals surface area contributed by atoms with Gasteiger partial charge in [0.1, 0.15) is 3.70 Å². The Hall–Kier alpha value is -0.930. The fourth-order valence-electron chi connectivity index (χ4n) is 2.68. The van der Waals surface area contributed by atoms with Gasteiger partial charge in [-0.05, 0) is 61.7 Å². The number of rotatable bonds is 5. The number of nitrogens with two attached hydrogens (primary N) is 1. The zero-order valence-corrected chi connectivity index (χ0v) is 14.8. The first-order valence-corrected chi connectivity index (χ1v) is 8.79. The van der Waals surface area contributed by atoms with Crippen LogP contribution in [0.5, 0.6) is 5.88 Å². The molecule has 120 valence electrons. The molecule has 0 amide bonds. The second-order valence-electron chi connectivity index (χ2n) is 5.60. The van der Waals surface area contributed by atoms with Crippen LogP contribution in [0.25, 0.3) is 10.9 Å². The van der Waals surface area contributed by atoms with Crippen molar-refractivity contribution in [2.75, 3.05) is 13.2 Å². The van der Waals surface area contributed by atoms with Gasteiger partial charge in [0.05, 0.1) is 17.8 Å². The lowest BCUT2D eigenvalue weighted by Crippen LogP contribution is -2.19. The minimum absolute atomic E-state index is 0.0181. The van der Waals surface area contributed by atoms with Crippen LogP contribution in [0.3, 0.4) is 0 Å². The molecule has 22 heavy (non-hydrogen) atoms. The highest BCUT2D eigenvalue weighted by Crippen LogP contribution is 2.30. The second-order valence-corrected chi connectivity index (χ2v) is 6.62. The Morgan fingerprint density at radius 3 is 3.14 bits per heavy atom. The van der Waals surface area contributed by atoms with E-state index in [9.17, 15) is 0 Å². The molecule has 3 heterocycles. The lowest BCUT2D eigenvalue weighted by atomic mass is 10.2. The summed E-state index contributed by atoms with van der Waals surface area (Å²) in [5.74, 6) is 0.621. The van der Waals surface area contributed by atoms with E-state index in [1.54, 1.807) is 0 Å². The monoisotopic (exact) mass is 416 g/mol. The van der Waals surface area contributed by atoms with E-state index < -0.39 is 0 Å². The molecule has 1 saturated heterocycles. The van der Waals surface area contributed by atoms with Crippen LogP contribution in [0.1, 0.15) is 38.8 Å². The van der Waals surface area contributed by atoms with E-state index in [4.69, 9.17) is 15.2 Å². The molecule has 1 unspecified atom stereocenters. The zero-order chi connectivity index (χ0) is 15.5. The molecule has 3 rings (SSSR count). The maximum Gasteiger partial charge on any atom is 0.214 e. The predicted molar refractivity (Wildman–Crippen MR) is 92.8 cm³/mol.